The lowest BCUT2D eigenvalue weighted by Crippen LogP contribution is -2.49. The third kappa shape index (κ3) is 23.3. The van der Waals surface area contributed by atoms with Crippen LogP contribution in [0.1, 0.15) is 126 Å². The van der Waals surface area contributed by atoms with Crippen molar-refractivity contribution < 1.29 is 51.5 Å². The van der Waals surface area contributed by atoms with Gasteiger partial charge in [-0.1, -0.05) is 205 Å². The average molecular weight is 916 g/mol. The number of nitrogens with one attached hydrogen (secondary N) is 1. The smallest absolute Gasteiger partial charge is 0.463 e. The number of carbonyl (C=O) groups excluding carboxylic acids is 3. The predicted molar refractivity (Wildman–Crippen MR) is 251 cm³/mol. The van der Waals surface area contributed by atoms with Gasteiger partial charge < -0.3 is 24.3 Å². The van der Waals surface area contributed by atoms with Crippen LogP contribution in [-0.4, -0.2) is 49.5 Å². The highest BCUT2D eigenvalue weighted by molar-refractivity contribution is 7.48. The molecule has 4 rings (SSSR count). The molecule has 0 spiro atoms. The average Bonchev–Trinajstić information content (AvgIpc) is 3.33. The number of ether oxygens (including phenoxy) is 4. The molecule has 0 saturated heterocycles. The molecule has 354 valence electrons. The number of carbonyl (C=O) groups is 3. The second kappa shape index (κ2) is 31.9. The molecule has 1 unspecified atom stereocenters. The van der Waals surface area contributed by atoms with Gasteiger partial charge in [0.05, 0.1) is 25.9 Å². The van der Waals surface area contributed by atoms with Crippen LogP contribution < -0.4 is 5.32 Å². The number of hydrogen-bond acceptors (Lipinski definition) is 11. The van der Waals surface area contributed by atoms with Gasteiger partial charge in [0.1, 0.15) is 25.9 Å². The summed E-state index contributed by atoms with van der Waals surface area (Å²) in [5.41, 5.74) is 2.99. The normalized spacial score (nSPS) is 13.5. The number of unbranched alkanes of at least 4 members (excludes halogenated alkanes) is 12. The largest absolute Gasteiger partial charge is 0.475 e. The minimum Gasteiger partial charge on any atom is -0.463 e. The minimum absolute atomic E-state index is 0.0656. The summed E-state index contributed by atoms with van der Waals surface area (Å²) >= 11 is 0. The number of alkyl carbamates (subject to hydrolysis) is 1. The third-order valence-electron chi connectivity index (χ3n) is 10.6. The molecule has 0 radical (unpaired) electrons. The van der Waals surface area contributed by atoms with E-state index < -0.39 is 38.1 Å². The van der Waals surface area contributed by atoms with Crippen molar-refractivity contribution in [1.82, 2.24) is 5.32 Å². The van der Waals surface area contributed by atoms with Crippen LogP contribution in [0.25, 0.3) is 0 Å². The maximum absolute atomic E-state index is 14.6. The summed E-state index contributed by atoms with van der Waals surface area (Å²) in [6.07, 6.45) is 12.8. The Morgan fingerprint density at radius 2 is 0.969 bits per heavy atom. The van der Waals surface area contributed by atoms with Gasteiger partial charge in [-0.05, 0) is 35.6 Å². The number of hydrogen-bond donors (Lipinski definition) is 1. The first-order valence-electron chi connectivity index (χ1n) is 23.3. The van der Waals surface area contributed by atoms with Gasteiger partial charge in [-0.3, -0.25) is 18.4 Å². The monoisotopic (exact) mass is 915 g/mol. The molecule has 0 aliphatic heterocycles. The second-order valence-corrected chi connectivity index (χ2v) is 17.8. The molecule has 0 bridgehead atoms. The first kappa shape index (κ1) is 52.8. The van der Waals surface area contributed by atoms with E-state index in [1.807, 2.05) is 72.8 Å². The summed E-state index contributed by atoms with van der Waals surface area (Å²) in [7, 11) is -4.58. The van der Waals surface area contributed by atoms with Crippen molar-refractivity contribution >= 4 is 25.9 Å². The zero-order valence-electron chi connectivity index (χ0n) is 38.4. The quantitative estimate of drug-likeness (QED) is 0.0207. The molecular weight excluding hydrogens is 846 g/mol. The number of amides is 1. The number of phosphoric ester groups is 1. The van der Waals surface area contributed by atoms with Gasteiger partial charge in [-0.25, -0.2) is 14.2 Å². The maximum Gasteiger partial charge on any atom is 0.475 e. The molecule has 4 aromatic carbocycles. The zero-order chi connectivity index (χ0) is 46.2. The van der Waals surface area contributed by atoms with Gasteiger partial charge in [0.25, 0.3) is 0 Å². The van der Waals surface area contributed by atoms with E-state index in [0.29, 0.717) is 11.1 Å². The van der Waals surface area contributed by atoms with E-state index >= 15 is 0 Å². The third-order valence-corrected chi connectivity index (χ3v) is 12.1. The molecule has 1 amide bonds. The Morgan fingerprint density at radius 3 is 1.48 bits per heavy atom. The van der Waals surface area contributed by atoms with Crippen LogP contribution in [0.3, 0.4) is 0 Å². The fraction of sp³-hybridized carbons (Fsp3) is 0.481. The van der Waals surface area contributed by atoms with Crippen molar-refractivity contribution in [3.8, 4) is 0 Å². The molecule has 0 aliphatic carbocycles. The van der Waals surface area contributed by atoms with E-state index in [-0.39, 0.29) is 52.0 Å². The number of esters is 2. The number of rotatable bonds is 34. The first-order chi connectivity index (χ1) is 31.7. The highest BCUT2D eigenvalue weighted by Crippen LogP contribution is 2.52. The van der Waals surface area contributed by atoms with Gasteiger partial charge in [0.15, 0.2) is 6.04 Å². The Hall–Kier alpha value is -4.84. The van der Waals surface area contributed by atoms with Crippen LogP contribution in [0, 0.1) is 0 Å². The fourth-order valence-electron chi connectivity index (χ4n) is 6.82. The Balaban J connectivity index is 1.38. The van der Waals surface area contributed by atoms with E-state index in [1.165, 1.54) is 64.7 Å². The lowest BCUT2D eigenvalue weighted by molar-refractivity contribution is -0.150. The molecule has 65 heavy (non-hydrogen) atoms. The van der Waals surface area contributed by atoms with E-state index in [2.05, 4.69) is 12.2 Å². The molecule has 12 nitrogen and oxygen atoms in total. The Bertz CT molecular complexity index is 1920. The van der Waals surface area contributed by atoms with Crippen molar-refractivity contribution in [3.05, 3.63) is 144 Å². The highest BCUT2D eigenvalue weighted by atomic mass is 31.2. The Labute approximate surface area is 386 Å². The van der Waals surface area contributed by atoms with Gasteiger partial charge in [-0.2, -0.15) is 0 Å². The van der Waals surface area contributed by atoms with Crippen molar-refractivity contribution in [2.75, 3.05) is 13.2 Å². The van der Waals surface area contributed by atoms with Crippen molar-refractivity contribution in [3.63, 3.8) is 0 Å². The summed E-state index contributed by atoms with van der Waals surface area (Å²) in [5, 5.41) is 2.53. The van der Waals surface area contributed by atoms with E-state index in [4.69, 9.17) is 32.5 Å². The van der Waals surface area contributed by atoms with E-state index in [1.54, 1.807) is 48.5 Å². The fourth-order valence-corrected chi connectivity index (χ4v) is 8.20. The second-order valence-electron chi connectivity index (χ2n) is 16.2. The first-order valence-corrected chi connectivity index (χ1v) is 24.8. The van der Waals surface area contributed by atoms with Gasteiger partial charge in [0.2, 0.25) is 0 Å². The van der Waals surface area contributed by atoms with Gasteiger partial charge >= 0.3 is 25.9 Å². The molecule has 0 fully saturated rings. The van der Waals surface area contributed by atoms with Gasteiger partial charge in [0, 0.05) is 6.42 Å². The van der Waals surface area contributed by atoms with Crippen LogP contribution in [-0.2, 0) is 73.1 Å². The van der Waals surface area contributed by atoms with Crippen LogP contribution in [0.5, 0.6) is 0 Å². The summed E-state index contributed by atoms with van der Waals surface area (Å²) in [6.45, 7) is 2.95. The van der Waals surface area contributed by atoms with Crippen LogP contribution in [0.2, 0.25) is 0 Å². The Kier molecular flexibility index (Phi) is 25.9. The maximum atomic E-state index is 14.6. The lowest BCUT2D eigenvalue weighted by atomic mass is 10.0. The summed E-state index contributed by atoms with van der Waals surface area (Å²) in [6, 6.07) is 35.0. The molecule has 0 aliphatic rings. The Morgan fingerprint density at radius 1 is 0.523 bits per heavy atom. The predicted octanol–water partition coefficient (Wildman–Crippen LogP) is 12.4. The number of benzene rings is 4. The van der Waals surface area contributed by atoms with Gasteiger partial charge in [-0.15, -0.1) is 0 Å². The molecule has 13 heteroatoms. The molecule has 4 atom stereocenters. The molecule has 1 N–H and O–H groups in total. The standard InChI is InChI=1S/C52H70NO11P/c1-3-4-5-6-7-8-9-10-11-12-13-14-27-36-49(54)59-41-48(58-37-44-28-19-15-20-29-44)42-63-65(57,62-40-47-34-25-18-26-35-47)64-43(2)50(51(55)60-38-45-30-21-16-22-31-45)53-52(56)61-39-46-32-23-17-24-33-46/h15-26,28-35,43,48,50H,3-14,27,36-42H2,1-2H3,(H,53,56)/t43-,48-,50+,65?/m1/s1. The van der Waals surface area contributed by atoms with E-state index in [9.17, 15) is 18.9 Å². The van der Waals surface area contributed by atoms with E-state index in [0.717, 1.165) is 36.8 Å². The van der Waals surface area contributed by atoms with Crippen LogP contribution in [0.15, 0.2) is 121 Å². The van der Waals surface area contributed by atoms with Crippen LogP contribution >= 0.6 is 7.82 Å². The van der Waals surface area contributed by atoms with Crippen molar-refractivity contribution in [2.24, 2.45) is 0 Å². The molecular formula is C52H70NO11P. The van der Waals surface area contributed by atoms with Crippen molar-refractivity contribution in [2.45, 2.75) is 148 Å². The summed E-state index contributed by atoms with van der Waals surface area (Å²) in [4.78, 5) is 39.7. The zero-order valence-corrected chi connectivity index (χ0v) is 39.3. The lowest BCUT2D eigenvalue weighted by Gasteiger charge is -2.28. The summed E-state index contributed by atoms with van der Waals surface area (Å²) in [5.74, 6) is -1.23. The SMILES string of the molecule is CCCCCCCCCCCCCCCC(=O)OC[C@H](COP(=O)(OCc1ccccc1)O[C@H](C)[C@H](NC(=O)OCc1ccccc1)C(=O)OCc1ccccc1)OCc1ccccc1. The highest BCUT2D eigenvalue weighted by Gasteiger charge is 2.38. The molecule has 0 saturated carbocycles. The minimum atomic E-state index is -4.58. The molecule has 0 aromatic heterocycles. The van der Waals surface area contributed by atoms with Crippen molar-refractivity contribution in [1.29, 1.82) is 0 Å². The molecule has 0 heterocycles. The topological polar surface area (TPSA) is 145 Å². The van der Waals surface area contributed by atoms with Crippen LogP contribution in [0.4, 0.5) is 4.79 Å². The number of phosphoric acid groups is 1. The summed E-state index contributed by atoms with van der Waals surface area (Å²) < 4.78 is 55.3. The molecule has 4 aromatic rings.